The van der Waals surface area contributed by atoms with Gasteiger partial charge in [0, 0.05) is 0 Å². The Balaban J connectivity index is 1.55. The fourth-order valence-corrected chi connectivity index (χ4v) is 4.20. The van der Waals surface area contributed by atoms with Gasteiger partial charge in [-0.1, -0.05) is 41.7 Å². The molecule has 164 valence electrons. The maximum atomic E-state index is 13.2. The highest BCUT2D eigenvalue weighted by Gasteiger charge is 2.21. The minimum absolute atomic E-state index is 0.0972. The van der Waals surface area contributed by atoms with Crippen LogP contribution in [0.4, 0.5) is 5.13 Å². The van der Waals surface area contributed by atoms with Crippen molar-refractivity contribution in [1.29, 1.82) is 0 Å². The van der Waals surface area contributed by atoms with E-state index in [1.54, 1.807) is 24.1 Å². The summed E-state index contributed by atoms with van der Waals surface area (Å²) in [6.45, 7) is 2.84. The molecule has 0 radical (unpaired) electrons. The Morgan fingerprint density at radius 3 is 2.31 bits per heavy atom. The number of ether oxygens (including phenoxy) is 3. The molecule has 0 bridgehead atoms. The summed E-state index contributed by atoms with van der Waals surface area (Å²) in [5.41, 5.74) is 1.84. The Morgan fingerprint density at radius 1 is 0.938 bits per heavy atom. The van der Waals surface area contributed by atoms with Crippen molar-refractivity contribution in [2.24, 2.45) is 0 Å². The second-order valence-corrected chi connectivity index (χ2v) is 8.00. The third kappa shape index (κ3) is 5.18. The van der Waals surface area contributed by atoms with Crippen LogP contribution in [0.25, 0.3) is 10.2 Å². The first-order valence-electron chi connectivity index (χ1n) is 10.3. The summed E-state index contributed by atoms with van der Waals surface area (Å²) in [7, 11) is 1.63. The second kappa shape index (κ2) is 10.2. The molecule has 0 aliphatic heterocycles. The number of nitrogens with zero attached hydrogens (tertiary/aromatic N) is 2. The van der Waals surface area contributed by atoms with Crippen molar-refractivity contribution in [2.75, 3.05) is 25.2 Å². The van der Waals surface area contributed by atoms with Crippen molar-refractivity contribution in [3.05, 3.63) is 78.4 Å². The summed E-state index contributed by atoms with van der Waals surface area (Å²) < 4.78 is 17.5. The van der Waals surface area contributed by atoms with Gasteiger partial charge in [0.2, 0.25) is 0 Å². The fraction of sp³-hybridized carbons (Fsp3) is 0.200. The van der Waals surface area contributed by atoms with Gasteiger partial charge >= 0.3 is 0 Å². The number of rotatable bonds is 9. The Bertz CT molecular complexity index is 1180. The summed E-state index contributed by atoms with van der Waals surface area (Å²) in [6.07, 6.45) is 0. The van der Waals surface area contributed by atoms with Crippen LogP contribution in [0.3, 0.4) is 0 Å². The van der Waals surface area contributed by atoms with Gasteiger partial charge in [-0.25, -0.2) is 4.98 Å². The highest BCUT2D eigenvalue weighted by atomic mass is 32.1. The standard InChI is InChI=1S/C25H24N2O4S/c1-3-30-19-9-11-20(12-10-19)31-17-24(28)27(16-18-7-5-4-6-8-18)25-26-22-14-13-21(29-2)15-23(22)32-25/h4-15H,3,16-17H2,1-2H3. The van der Waals surface area contributed by atoms with Crippen LogP contribution in [-0.4, -0.2) is 31.2 Å². The molecular formula is C25H24N2O4S. The third-order valence-electron chi connectivity index (χ3n) is 4.80. The Labute approximate surface area is 191 Å². The lowest BCUT2D eigenvalue weighted by molar-refractivity contribution is -0.120. The highest BCUT2D eigenvalue weighted by Crippen LogP contribution is 2.32. The molecule has 0 spiro atoms. The van der Waals surface area contributed by atoms with Crippen LogP contribution < -0.4 is 19.1 Å². The van der Waals surface area contributed by atoms with Gasteiger partial charge in [-0.2, -0.15) is 0 Å². The topological polar surface area (TPSA) is 60.9 Å². The van der Waals surface area contributed by atoms with Crippen LogP contribution >= 0.6 is 11.3 Å². The molecule has 1 amide bonds. The molecule has 0 fully saturated rings. The number of aromatic nitrogens is 1. The first kappa shape index (κ1) is 21.6. The largest absolute Gasteiger partial charge is 0.497 e. The molecule has 0 saturated carbocycles. The first-order valence-corrected chi connectivity index (χ1v) is 11.1. The molecule has 32 heavy (non-hydrogen) atoms. The summed E-state index contributed by atoms with van der Waals surface area (Å²) in [5.74, 6) is 1.96. The average Bonchev–Trinajstić information content (AvgIpc) is 3.25. The van der Waals surface area contributed by atoms with Crippen LogP contribution in [0.5, 0.6) is 17.2 Å². The van der Waals surface area contributed by atoms with E-state index < -0.39 is 0 Å². The molecule has 1 heterocycles. The molecular weight excluding hydrogens is 424 g/mol. The Kier molecular flexibility index (Phi) is 6.87. The van der Waals surface area contributed by atoms with Crippen LogP contribution in [0.1, 0.15) is 12.5 Å². The lowest BCUT2D eigenvalue weighted by Crippen LogP contribution is -2.34. The van der Waals surface area contributed by atoms with Crippen LogP contribution in [0.15, 0.2) is 72.8 Å². The van der Waals surface area contributed by atoms with E-state index in [1.165, 1.54) is 11.3 Å². The Hall–Kier alpha value is -3.58. The lowest BCUT2D eigenvalue weighted by Gasteiger charge is -2.20. The van der Waals surface area contributed by atoms with Gasteiger partial charge in [0.15, 0.2) is 11.7 Å². The number of amides is 1. The Morgan fingerprint density at radius 2 is 1.62 bits per heavy atom. The number of anilines is 1. The number of carbonyl (C=O) groups excluding carboxylic acids is 1. The van der Waals surface area contributed by atoms with Gasteiger partial charge in [-0.3, -0.25) is 9.69 Å². The van der Waals surface area contributed by atoms with Crippen LogP contribution in [-0.2, 0) is 11.3 Å². The number of carbonyl (C=O) groups is 1. The van der Waals surface area contributed by atoms with E-state index in [0.717, 1.165) is 27.3 Å². The molecule has 7 heteroatoms. The quantitative estimate of drug-likeness (QED) is 0.347. The van der Waals surface area contributed by atoms with E-state index in [9.17, 15) is 4.79 Å². The van der Waals surface area contributed by atoms with Crippen molar-refractivity contribution in [2.45, 2.75) is 13.5 Å². The van der Waals surface area contributed by atoms with Crippen LogP contribution in [0.2, 0.25) is 0 Å². The summed E-state index contributed by atoms with van der Waals surface area (Å²) in [6, 6.07) is 22.8. The fourth-order valence-electron chi connectivity index (χ4n) is 3.19. The van der Waals surface area contributed by atoms with Gasteiger partial charge in [-0.05, 0) is 55.0 Å². The molecule has 6 nitrogen and oxygen atoms in total. The van der Waals surface area contributed by atoms with E-state index >= 15 is 0 Å². The number of methoxy groups -OCH3 is 1. The SMILES string of the molecule is CCOc1ccc(OCC(=O)N(Cc2ccccc2)c2nc3ccc(OC)cc3s2)cc1. The molecule has 0 unspecified atom stereocenters. The molecule has 4 aromatic rings. The zero-order chi connectivity index (χ0) is 22.3. The van der Waals surface area contributed by atoms with Crippen molar-refractivity contribution in [3.8, 4) is 17.2 Å². The minimum Gasteiger partial charge on any atom is -0.497 e. The molecule has 0 aliphatic carbocycles. The van der Waals surface area contributed by atoms with Crippen LogP contribution in [0, 0.1) is 0 Å². The zero-order valence-corrected chi connectivity index (χ0v) is 18.8. The predicted molar refractivity (Wildman–Crippen MR) is 127 cm³/mol. The molecule has 4 rings (SSSR count). The number of hydrogen-bond acceptors (Lipinski definition) is 6. The molecule has 0 N–H and O–H groups in total. The monoisotopic (exact) mass is 448 g/mol. The van der Waals surface area contributed by atoms with E-state index in [1.807, 2.05) is 67.6 Å². The second-order valence-electron chi connectivity index (χ2n) is 6.99. The van der Waals surface area contributed by atoms with Crippen molar-refractivity contribution < 1.29 is 19.0 Å². The first-order chi connectivity index (χ1) is 15.7. The minimum atomic E-state index is -0.172. The third-order valence-corrected chi connectivity index (χ3v) is 5.84. The molecule has 0 atom stereocenters. The summed E-state index contributed by atoms with van der Waals surface area (Å²) in [4.78, 5) is 19.6. The average molecular weight is 449 g/mol. The van der Waals surface area contributed by atoms with Crippen molar-refractivity contribution >= 4 is 32.6 Å². The molecule has 3 aromatic carbocycles. The maximum absolute atomic E-state index is 13.2. The van der Waals surface area contributed by atoms with Gasteiger partial charge in [0.1, 0.15) is 17.2 Å². The van der Waals surface area contributed by atoms with Crippen molar-refractivity contribution in [1.82, 2.24) is 4.98 Å². The normalized spacial score (nSPS) is 10.7. The molecule has 1 aromatic heterocycles. The number of fused-ring (bicyclic) bond motifs is 1. The zero-order valence-electron chi connectivity index (χ0n) is 18.0. The number of benzene rings is 3. The lowest BCUT2D eigenvalue weighted by atomic mass is 10.2. The summed E-state index contributed by atoms with van der Waals surface area (Å²) >= 11 is 1.45. The van der Waals surface area contributed by atoms with E-state index in [4.69, 9.17) is 14.2 Å². The van der Waals surface area contributed by atoms with E-state index in [2.05, 4.69) is 4.98 Å². The maximum Gasteiger partial charge on any atom is 0.267 e. The van der Waals surface area contributed by atoms with Gasteiger partial charge < -0.3 is 14.2 Å². The van der Waals surface area contributed by atoms with E-state index in [0.29, 0.717) is 24.0 Å². The van der Waals surface area contributed by atoms with E-state index in [-0.39, 0.29) is 12.5 Å². The van der Waals surface area contributed by atoms with Crippen molar-refractivity contribution in [3.63, 3.8) is 0 Å². The smallest absolute Gasteiger partial charge is 0.267 e. The highest BCUT2D eigenvalue weighted by molar-refractivity contribution is 7.22. The van der Waals surface area contributed by atoms with Gasteiger partial charge in [-0.15, -0.1) is 0 Å². The van der Waals surface area contributed by atoms with Gasteiger partial charge in [0.25, 0.3) is 5.91 Å². The molecule has 0 aliphatic rings. The predicted octanol–water partition coefficient (Wildman–Crippen LogP) is 5.32. The van der Waals surface area contributed by atoms with Gasteiger partial charge in [0.05, 0.1) is 30.5 Å². The number of thiazole rings is 1. The molecule has 0 saturated heterocycles. The summed E-state index contributed by atoms with van der Waals surface area (Å²) in [5, 5.41) is 0.623. The number of hydrogen-bond donors (Lipinski definition) is 0.